The number of phenolic OH excluding ortho intramolecular Hbond substituents is 1. The number of nitrogens with one attached hydrogen (secondary N) is 1. The molecule has 0 saturated carbocycles. The van der Waals surface area contributed by atoms with E-state index in [0.29, 0.717) is 11.3 Å². The van der Waals surface area contributed by atoms with Crippen LogP contribution in [0.5, 0.6) is 5.75 Å². The van der Waals surface area contributed by atoms with Crippen molar-refractivity contribution in [1.29, 1.82) is 0 Å². The molecule has 1 fully saturated rings. The van der Waals surface area contributed by atoms with E-state index in [9.17, 15) is 9.50 Å². The highest BCUT2D eigenvalue weighted by Gasteiger charge is 2.15. The number of aromatic hydroxyl groups is 1. The zero-order valence-electron chi connectivity index (χ0n) is 14.6. The Balaban J connectivity index is 1.55. The van der Waals surface area contributed by atoms with E-state index in [1.807, 2.05) is 6.07 Å². The molecule has 5 nitrogen and oxygen atoms in total. The van der Waals surface area contributed by atoms with Gasteiger partial charge in [0, 0.05) is 37.4 Å². The minimum atomic E-state index is -0.404. The van der Waals surface area contributed by atoms with E-state index in [-0.39, 0.29) is 5.75 Å². The second-order valence-electron chi connectivity index (χ2n) is 6.67. The molecule has 0 atom stereocenters. The number of hydrogen-bond acceptors (Lipinski definition) is 4. The van der Waals surface area contributed by atoms with Crippen molar-refractivity contribution in [1.82, 2.24) is 15.1 Å². The van der Waals surface area contributed by atoms with Crippen molar-refractivity contribution >= 4 is 5.69 Å². The number of H-pyrrole nitrogens is 1. The van der Waals surface area contributed by atoms with Gasteiger partial charge >= 0.3 is 0 Å². The second-order valence-corrected chi connectivity index (χ2v) is 6.67. The van der Waals surface area contributed by atoms with E-state index in [1.54, 1.807) is 0 Å². The van der Waals surface area contributed by atoms with Crippen LogP contribution < -0.4 is 4.90 Å². The molecule has 2 aromatic carbocycles. The Bertz CT molecular complexity index is 898. The molecular formula is C20H21FN4O. The first kappa shape index (κ1) is 16.6. The van der Waals surface area contributed by atoms with Crippen molar-refractivity contribution in [2.45, 2.75) is 0 Å². The summed E-state index contributed by atoms with van der Waals surface area (Å²) in [6, 6.07) is 14.0. The number of piperazine rings is 1. The Hall–Kier alpha value is -2.86. The molecule has 0 unspecified atom stereocenters. The van der Waals surface area contributed by atoms with Crippen molar-refractivity contribution < 1.29 is 9.50 Å². The summed E-state index contributed by atoms with van der Waals surface area (Å²) in [7, 11) is 2.15. The number of aromatic amines is 1. The fourth-order valence-electron chi connectivity index (χ4n) is 3.24. The zero-order valence-corrected chi connectivity index (χ0v) is 14.6. The number of aromatic nitrogens is 2. The van der Waals surface area contributed by atoms with Gasteiger partial charge in [-0.1, -0.05) is 12.1 Å². The number of halogens is 1. The van der Waals surface area contributed by atoms with Crippen LogP contribution >= 0.6 is 0 Å². The molecule has 134 valence electrons. The van der Waals surface area contributed by atoms with Gasteiger partial charge < -0.3 is 14.9 Å². The van der Waals surface area contributed by atoms with Crippen molar-refractivity contribution in [2.24, 2.45) is 0 Å². The summed E-state index contributed by atoms with van der Waals surface area (Å²) in [6.45, 7) is 4.21. The SMILES string of the molecule is CN1CCN(c2ccc(-c3cc(-c4cc(F)ccc4O)n[nH]3)cc2)CC1. The van der Waals surface area contributed by atoms with Crippen molar-refractivity contribution in [3.8, 4) is 28.3 Å². The zero-order chi connectivity index (χ0) is 18.1. The first-order chi connectivity index (χ1) is 12.6. The number of benzene rings is 2. The molecule has 2 N–H and O–H groups in total. The predicted molar refractivity (Wildman–Crippen MR) is 101 cm³/mol. The predicted octanol–water partition coefficient (Wildman–Crippen LogP) is 3.34. The molecule has 0 amide bonds. The number of hydrogen-bond donors (Lipinski definition) is 2. The average Bonchev–Trinajstić information content (AvgIpc) is 3.14. The van der Waals surface area contributed by atoms with Gasteiger partial charge in [0.25, 0.3) is 0 Å². The molecular weight excluding hydrogens is 331 g/mol. The van der Waals surface area contributed by atoms with Crippen molar-refractivity contribution in [3.05, 3.63) is 54.3 Å². The van der Waals surface area contributed by atoms with Gasteiger partial charge in [-0.3, -0.25) is 5.10 Å². The molecule has 1 saturated heterocycles. The topological polar surface area (TPSA) is 55.4 Å². The van der Waals surface area contributed by atoms with Crippen LogP contribution in [-0.2, 0) is 0 Å². The summed E-state index contributed by atoms with van der Waals surface area (Å²) >= 11 is 0. The summed E-state index contributed by atoms with van der Waals surface area (Å²) in [5.41, 5.74) is 3.93. The van der Waals surface area contributed by atoms with E-state index in [2.05, 4.69) is 51.3 Å². The van der Waals surface area contributed by atoms with Gasteiger partial charge in [0.15, 0.2) is 0 Å². The molecule has 1 aliphatic heterocycles. The van der Waals surface area contributed by atoms with Crippen LogP contribution in [0.25, 0.3) is 22.5 Å². The highest BCUT2D eigenvalue weighted by Crippen LogP contribution is 2.31. The second kappa shape index (κ2) is 6.80. The lowest BCUT2D eigenvalue weighted by Crippen LogP contribution is -2.44. The molecule has 1 aliphatic rings. The first-order valence-corrected chi connectivity index (χ1v) is 8.68. The maximum Gasteiger partial charge on any atom is 0.125 e. The standard InChI is InChI=1S/C20H21FN4O/c1-24-8-10-25(11-9-24)16-5-2-14(3-6-16)18-13-19(23-22-18)17-12-15(21)4-7-20(17)26/h2-7,12-13,26H,8-11H2,1H3,(H,22,23). The third kappa shape index (κ3) is 3.28. The molecule has 0 aliphatic carbocycles. The number of phenols is 1. The quantitative estimate of drug-likeness (QED) is 0.759. The molecule has 0 spiro atoms. The molecule has 0 bridgehead atoms. The van der Waals surface area contributed by atoms with Gasteiger partial charge in [-0.2, -0.15) is 5.10 Å². The number of likely N-dealkylation sites (N-methyl/N-ethyl adjacent to an activating group) is 1. The Morgan fingerprint density at radius 1 is 1.00 bits per heavy atom. The average molecular weight is 352 g/mol. The first-order valence-electron chi connectivity index (χ1n) is 8.68. The molecule has 1 aromatic heterocycles. The lowest BCUT2D eigenvalue weighted by molar-refractivity contribution is 0.313. The molecule has 4 rings (SSSR count). The molecule has 6 heteroatoms. The fraction of sp³-hybridized carbons (Fsp3) is 0.250. The van der Waals surface area contributed by atoms with Gasteiger partial charge in [-0.15, -0.1) is 0 Å². The minimum Gasteiger partial charge on any atom is -0.507 e. The summed E-state index contributed by atoms with van der Waals surface area (Å²) in [4.78, 5) is 4.71. The van der Waals surface area contributed by atoms with Crippen LogP contribution in [0.15, 0.2) is 48.5 Å². The van der Waals surface area contributed by atoms with Gasteiger partial charge in [0.1, 0.15) is 11.6 Å². The van der Waals surface area contributed by atoms with Gasteiger partial charge in [0.2, 0.25) is 0 Å². The van der Waals surface area contributed by atoms with Crippen LogP contribution in [-0.4, -0.2) is 53.4 Å². The normalized spacial score (nSPS) is 15.4. The van der Waals surface area contributed by atoms with Crippen molar-refractivity contribution in [2.75, 3.05) is 38.1 Å². The van der Waals surface area contributed by atoms with Crippen molar-refractivity contribution in [3.63, 3.8) is 0 Å². The number of anilines is 1. The third-order valence-corrected chi connectivity index (χ3v) is 4.86. The van der Waals surface area contributed by atoms with Gasteiger partial charge in [0.05, 0.1) is 11.4 Å². The maximum atomic E-state index is 13.5. The summed E-state index contributed by atoms with van der Waals surface area (Å²) in [6.07, 6.45) is 0. The van der Waals surface area contributed by atoms with Gasteiger partial charge in [-0.05, 0) is 49.0 Å². The smallest absolute Gasteiger partial charge is 0.125 e. The maximum absolute atomic E-state index is 13.5. The molecule has 26 heavy (non-hydrogen) atoms. The van der Waals surface area contributed by atoms with Gasteiger partial charge in [-0.25, -0.2) is 4.39 Å². The monoisotopic (exact) mass is 352 g/mol. The number of rotatable bonds is 3. The van der Waals surface area contributed by atoms with E-state index >= 15 is 0 Å². The third-order valence-electron chi connectivity index (χ3n) is 4.86. The van der Waals surface area contributed by atoms with Crippen LogP contribution in [0.2, 0.25) is 0 Å². The molecule has 3 aromatic rings. The summed E-state index contributed by atoms with van der Waals surface area (Å²) < 4.78 is 13.5. The lowest BCUT2D eigenvalue weighted by atomic mass is 10.1. The van der Waals surface area contributed by atoms with Crippen LogP contribution in [0.4, 0.5) is 10.1 Å². The Morgan fingerprint density at radius 3 is 2.46 bits per heavy atom. The highest BCUT2D eigenvalue weighted by molar-refractivity contribution is 5.72. The van der Waals surface area contributed by atoms with E-state index in [4.69, 9.17) is 0 Å². The summed E-state index contributed by atoms with van der Waals surface area (Å²) in [5, 5.41) is 17.1. The largest absolute Gasteiger partial charge is 0.507 e. The van der Waals surface area contributed by atoms with E-state index < -0.39 is 5.82 Å². The molecule has 0 radical (unpaired) electrons. The van der Waals surface area contributed by atoms with Crippen LogP contribution in [0.1, 0.15) is 0 Å². The van der Waals surface area contributed by atoms with Crippen LogP contribution in [0.3, 0.4) is 0 Å². The number of nitrogens with zero attached hydrogens (tertiary/aromatic N) is 3. The fourth-order valence-corrected chi connectivity index (χ4v) is 3.24. The minimum absolute atomic E-state index is 0.00913. The van der Waals surface area contributed by atoms with Crippen LogP contribution in [0, 0.1) is 5.82 Å². The highest BCUT2D eigenvalue weighted by atomic mass is 19.1. The lowest BCUT2D eigenvalue weighted by Gasteiger charge is -2.34. The molecule has 2 heterocycles. The Morgan fingerprint density at radius 2 is 1.73 bits per heavy atom. The summed E-state index contributed by atoms with van der Waals surface area (Å²) in [5.74, 6) is -0.395. The van der Waals surface area contributed by atoms with E-state index in [1.165, 1.54) is 23.9 Å². The van der Waals surface area contributed by atoms with E-state index in [0.717, 1.165) is 37.4 Å². The Labute approximate surface area is 151 Å². The Kier molecular flexibility index (Phi) is 4.34.